The number of hydrogen-bond acceptors (Lipinski definition) is 5. The molecule has 3 aliphatic rings. The van der Waals surface area contributed by atoms with Crippen molar-refractivity contribution in [1.29, 1.82) is 5.26 Å². The van der Waals surface area contributed by atoms with E-state index in [9.17, 15) is 10.1 Å². The van der Waals surface area contributed by atoms with E-state index in [1.165, 1.54) is 0 Å². The van der Waals surface area contributed by atoms with Crippen LogP contribution in [0.2, 0.25) is 0 Å². The maximum Gasteiger partial charge on any atom is 0.231 e. The van der Waals surface area contributed by atoms with Gasteiger partial charge >= 0.3 is 0 Å². The molecule has 6 nitrogen and oxygen atoms in total. The normalized spacial score (nSPS) is 19.4. The number of Topliss-reactive ketones (excluding diaryl/α,β-unsaturated/α-hetero) is 1. The van der Waals surface area contributed by atoms with Crippen LogP contribution in [0.4, 0.5) is 5.69 Å². The predicted octanol–water partition coefficient (Wildman–Crippen LogP) is 5.98. The molecule has 0 saturated heterocycles. The summed E-state index contributed by atoms with van der Waals surface area (Å²) >= 11 is 3.58. The Balaban J connectivity index is 1.65. The van der Waals surface area contributed by atoms with Crippen LogP contribution in [0.1, 0.15) is 30.7 Å². The van der Waals surface area contributed by atoms with Crippen molar-refractivity contribution in [3.63, 3.8) is 0 Å². The maximum absolute atomic E-state index is 13.5. The number of halogens is 1. The Morgan fingerprint density at radius 1 is 1.00 bits per heavy atom. The Labute approximate surface area is 205 Å². The number of benzene rings is 2. The molecule has 1 atom stereocenters. The number of aromatic nitrogens is 1. The third-order valence-corrected chi connectivity index (χ3v) is 6.99. The molecular weight excluding hydrogens is 494 g/mol. The molecule has 6 rings (SSSR count). The van der Waals surface area contributed by atoms with Gasteiger partial charge in [0.2, 0.25) is 6.79 Å². The summed E-state index contributed by atoms with van der Waals surface area (Å²) in [5, 5.41) is 10.5. The third-order valence-electron chi connectivity index (χ3n) is 6.49. The number of carbonyl (C=O) groups excluding carboxylic acids is 1. The number of allylic oxidation sites excluding steroid dienone is 3. The first kappa shape index (κ1) is 20.8. The maximum atomic E-state index is 13.5. The van der Waals surface area contributed by atoms with Gasteiger partial charge in [-0.25, -0.2) is 0 Å². The highest BCUT2D eigenvalue weighted by Crippen LogP contribution is 2.50. The van der Waals surface area contributed by atoms with Gasteiger partial charge in [-0.3, -0.25) is 9.69 Å². The number of carbonyl (C=O) groups is 1. The number of nitriles is 1. The van der Waals surface area contributed by atoms with Gasteiger partial charge in [-0.15, -0.1) is 0 Å². The van der Waals surface area contributed by atoms with Crippen LogP contribution in [0.15, 0.2) is 88.3 Å². The molecule has 1 aromatic heterocycles. The summed E-state index contributed by atoms with van der Waals surface area (Å²) in [7, 11) is 0. The summed E-state index contributed by atoms with van der Waals surface area (Å²) < 4.78 is 14.0. The highest BCUT2D eigenvalue weighted by Gasteiger charge is 2.42. The van der Waals surface area contributed by atoms with E-state index in [0.717, 1.165) is 40.1 Å². The van der Waals surface area contributed by atoms with E-state index in [-0.39, 0.29) is 12.6 Å². The number of nitrogens with zero attached hydrogens (tertiary/aromatic N) is 3. The summed E-state index contributed by atoms with van der Waals surface area (Å²) in [5.41, 5.74) is 3.90. The monoisotopic (exact) mass is 513 g/mol. The van der Waals surface area contributed by atoms with Crippen LogP contribution >= 0.6 is 15.9 Å². The SMILES string of the molecule is N#CC1=C(n2cccc2)N(c2cccc(Br)c2)C2=C(C(=O)CCC2)C1c1ccc2c(c1)OCO2. The standard InChI is InChI=1S/C27H20BrN3O3/c28-18-5-3-6-19(14-18)31-21-7-4-8-22(32)26(21)25(17-9-10-23-24(13-17)34-16-33-23)20(15-29)27(31)30-11-1-2-12-30/h1-3,5-6,9-14,25H,4,7-8,16H2. The van der Waals surface area contributed by atoms with E-state index >= 15 is 0 Å². The van der Waals surface area contributed by atoms with Crippen molar-refractivity contribution in [2.75, 3.05) is 11.7 Å². The van der Waals surface area contributed by atoms with Crippen molar-refractivity contribution in [2.45, 2.75) is 25.2 Å². The molecule has 168 valence electrons. The number of fused-ring (bicyclic) bond motifs is 1. The summed E-state index contributed by atoms with van der Waals surface area (Å²) in [4.78, 5) is 15.5. The summed E-state index contributed by atoms with van der Waals surface area (Å²) in [6.45, 7) is 0.169. The number of anilines is 1. The number of ketones is 1. The van der Waals surface area contributed by atoms with E-state index in [0.29, 0.717) is 29.1 Å². The molecule has 1 unspecified atom stereocenters. The average molecular weight is 514 g/mol. The zero-order chi connectivity index (χ0) is 23.2. The lowest BCUT2D eigenvalue weighted by Gasteiger charge is -2.41. The molecule has 0 saturated carbocycles. The molecule has 2 aliphatic heterocycles. The first-order valence-corrected chi connectivity index (χ1v) is 11.9. The second kappa shape index (κ2) is 8.23. The highest BCUT2D eigenvalue weighted by molar-refractivity contribution is 9.10. The van der Waals surface area contributed by atoms with Gasteiger partial charge in [-0.2, -0.15) is 5.26 Å². The molecule has 3 aromatic rings. The lowest BCUT2D eigenvalue weighted by Crippen LogP contribution is -2.36. The smallest absolute Gasteiger partial charge is 0.231 e. The van der Waals surface area contributed by atoms with E-state index in [2.05, 4.69) is 26.9 Å². The topological polar surface area (TPSA) is 67.5 Å². The molecule has 0 bridgehead atoms. The second-order valence-electron chi connectivity index (χ2n) is 8.44. The number of hydrogen-bond donors (Lipinski definition) is 0. The molecule has 0 fully saturated rings. The summed E-state index contributed by atoms with van der Waals surface area (Å²) in [5.74, 6) is 1.65. The third kappa shape index (κ3) is 3.25. The van der Waals surface area contributed by atoms with Gasteiger partial charge in [0.1, 0.15) is 5.82 Å². The fourth-order valence-electron chi connectivity index (χ4n) is 5.09. The Morgan fingerprint density at radius 2 is 1.82 bits per heavy atom. The van der Waals surface area contributed by atoms with Crippen LogP contribution in [0.3, 0.4) is 0 Å². The molecule has 2 aromatic carbocycles. The Hall–Kier alpha value is -3.76. The van der Waals surface area contributed by atoms with Gasteiger partial charge < -0.3 is 14.0 Å². The predicted molar refractivity (Wildman–Crippen MR) is 131 cm³/mol. The van der Waals surface area contributed by atoms with Crippen LogP contribution in [0.25, 0.3) is 5.82 Å². The number of rotatable bonds is 3. The largest absolute Gasteiger partial charge is 0.454 e. The average Bonchev–Trinajstić information content (AvgIpc) is 3.54. The van der Waals surface area contributed by atoms with Crippen molar-refractivity contribution in [3.8, 4) is 17.6 Å². The molecule has 1 aliphatic carbocycles. The zero-order valence-corrected chi connectivity index (χ0v) is 19.8. The van der Waals surface area contributed by atoms with Crippen LogP contribution in [0.5, 0.6) is 11.5 Å². The molecule has 3 heterocycles. The molecule has 7 heteroatoms. The lowest BCUT2D eigenvalue weighted by atomic mass is 9.75. The van der Waals surface area contributed by atoms with Crippen LogP contribution in [-0.2, 0) is 4.79 Å². The highest BCUT2D eigenvalue weighted by atomic mass is 79.9. The van der Waals surface area contributed by atoms with E-state index < -0.39 is 5.92 Å². The molecule has 0 spiro atoms. The Kier molecular flexibility index (Phi) is 5.04. The first-order chi connectivity index (χ1) is 16.7. The second-order valence-corrected chi connectivity index (χ2v) is 9.35. The van der Waals surface area contributed by atoms with Crippen molar-refractivity contribution < 1.29 is 14.3 Å². The number of ether oxygens (including phenoxy) is 2. The summed E-state index contributed by atoms with van der Waals surface area (Å²) in [6, 6.07) is 20.0. The minimum atomic E-state index is -0.483. The van der Waals surface area contributed by atoms with Gasteiger partial charge in [0.25, 0.3) is 0 Å². The molecular formula is C27H20BrN3O3. The van der Waals surface area contributed by atoms with Crippen LogP contribution in [-0.4, -0.2) is 17.1 Å². The van der Waals surface area contributed by atoms with E-state index in [4.69, 9.17) is 9.47 Å². The van der Waals surface area contributed by atoms with Gasteiger partial charge in [-0.1, -0.05) is 28.1 Å². The summed E-state index contributed by atoms with van der Waals surface area (Å²) in [6.07, 6.45) is 5.87. The molecule has 34 heavy (non-hydrogen) atoms. The van der Waals surface area contributed by atoms with Gasteiger partial charge in [0.15, 0.2) is 17.3 Å². The van der Waals surface area contributed by atoms with E-state index in [1.807, 2.05) is 71.6 Å². The fourth-order valence-corrected chi connectivity index (χ4v) is 5.48. The zero-order valence-electron chi connectivity index (χ0n) is 18.2. The van der Waals surface area contributed by atoms with Crippen molar-refractivity contribution in [1.82, 2.24) is 4.57 Å². The minimum Gasteiger partial charge on any atom is -0.454 e. The van der Waals surface area contributed by atoms with Gasteiger partial charge in [0.05, 0.1) is 17.6 Å². The first-order valence-electron chi connectivity index (χ1n) is 11.1. The molecule has 0 radical (unpaired) electrons. The fraction of sp³-hybridized carbons (Fsp3) is 0.185. The molecule has 0 N–H and O–H groups in total. The Bertz CT molecular complexity index is 1420. The van der Waals surface area contributed by atoms with Crippen LogP contribution < -0.4 is 14.4 Å². The van der Waals surface area contributed by atoms with E-state index in [1.54, 1.807) is 0 Å². The lowest BCUT2D eigenvalue weighted by molar-refractivity contribution is -0.116. The van der Waals surface area contributed by atoms with Crippen molar-refractivity contribution >= 4 is 33.2 Å². The minimum absolute atomic E-state index is 0.0863. The van der Waals surface area contributed by atoms with Gasteiger partial charge in [0, 0.05) is 40.2 Å². The quantitative estimate of drug-likeness (QED) is 0.430. The van der Waals surface area contributed by atoms with Crippen LogP contribution in [0, 0.1) is 11.3 Å². The van der Waals surface area contributed by atoms with Gasteiger partial charge in [-0.05, 0) is 60.9 Å². The Morgan fingerprint density at radius 3 is 2.62 bits per heavy atom. The molecule has 0 amide bonds. The van der Waals surface area contributed by atoms with Crippen molar-refractivity contribution in [2.24, 2.45) is 0 Å². The van der Waals surface area contributed by atoms with Crippen molar-refractivity contribution in [3.05, 3.63) is 93.9 Å².